The standard InChI is InChI=1S/C25H31NO9/c1-3-32-23(31)21-18(29)17(28)19(30)24(35-21)33-15-7-5-12-13-10-11-4-6-14(27)20-16(11)25(12,22(15)34-20)8-9-26(13)2/h4-7,12-13,15,17-19,21-22,24,27-30H,3,8-10H2,1-2H3/t12-,13-,15-,17-,18-,19+,21-,22-,24+,25-/m0/s1. The van der Waals surface area contributed by atoms with Crippen LogP contribution in [0.15, 0.2) is 24.3 Å². The third-order valence-corrected chi connectivity index (χ3v) is 8.51. The molecule has 2 bridgehead atoms. The number of hydrogen-bond acceptors (Lipinski definition) is 10. The molecule has 2 fully saturated rings. The Labute approximate surface area is 202 Å². The molecule has 0 unspecified atom stereocenters. The molecule has 10 heteroatoms. The molecule has 0 saturated carbocycles. The molecule has 2 aliphatic carbocycles. The van der Waals surface area contributed by atoms with Gasteiger partial charge in [0.25, 0.3) is 0 Å². The van der Waals surface area contributed by atoms with Crippen LogP contribution in [-0.2, 0) is 30.8 Å². The van der Waals surface area contributed by atoms with Gasteiger partial charge < -0.3 is 44.3 Å². The minimum absolute atomic E-state index is 0.0699. The van der Waals surface area contributed by atoms with Crippen LogP contribution in [0, 0.1) is 5.92 Å². The zero-order chi connectivity index (χ0) is 24.6. The number of piperidine rings is 1. The van der Waals surface area contributed by atoms with Crippen LogP contribution in [0.4, 0.5) is 0 Å². The Bertz CT molecular complexity index is 1060. The maximum absolute atomic E-state index is 12.3. The summed E-state index contributed by atoms with van der Waals surface area (Å²) in [5, 5.41) is 41.9. The molecule has 10 nitrogen and oxygen atoms in total. The maximum atomic E-state index is 12.3. The van der Waals surface area contributed by atoms with E-state index in [9.17, 15) is 25.2 Å². The van der Waals surface area contributed by atoms with E-state index in [1.54, 1.807) is 13.0 Å². The van der Waals surface area contributed by atoms with Gasteiger partial charge in [-0.25, -0.2) is 4.79 Å². The van der Waals surface area contributed by atoms with Gasteiger partial charge in [0.1, 0.15) is 30.5 Å². The van der Waals surface area contributed by atoms with Crippen LogP contribution in [-0.4, -0.2) is 100 Å². The van der Waals surface area contributed by atoms with Crippen molar-refractivity contribution in [1.82, 2.24) is 4.90 Å². The zero-order valence-corrected chi connectivity index (χ0v) is 19.6. The average molecular weight is 490 g/mol. The molecular weight excluding hydrogens is 458 g/mol. The molecule has 5 aliphatic rings. The Morgan fingerprint density at radius 3 is 2.77 bits per heavy atom. The van der Waals surface area contributed by atoms with Crippen LogP contribution >= 0.6 is 0 Å². The van der Waals surface area contributed by atoms with Gasteiger partial charge in [-0.2, -0.15) is 0 Å². The van der Waals surface area contributed by atoms with Crippen molar-refractivity contribution in [2.45, 2.75) is 74.1 Å². The van der Waals surface area contributed by atoms with E-state index in [0.717, 1.165) is 30.5 Å². The number of nitrogens with zero attached hydrogens (tertiary/aromatic N) is 1. The highest BCUT2D eigenvalue weighted by Crippen LogP contribution is 2.62. The Morgan fingerprint density at radius 1 is 1.20 bits per heavy atom. The highest BCUT2D eigenvalue weighted by Gasteiger charge is 2.65. The Hall–Kier alpha value is -2.21. The normalized spacial score (nSPS) is 43.4. The second kappa shape index (κ2) is 8.16. The molecule has 10 atom stereocenters. The second-order valence-corrected chi connectivity index (χ2v) is 10.2. The number of likely N-dealkylation sites (N-methyl/N-ethyl adjacent to an activating group) is 1. The maximum Gasteiger partial charge on any atom is 0.338 e. The van der Waals surface area contributed by atoms with Gasteiger partial charge in [-0.1, -0.05) is 18.2 Å². The quantitative estimate of drug-likeness (QED) is 0.326. The molecule has 6 rings (SSSR count). The van der Waals surface area contributed by atoms with Gasteiger partial charge in [-0.15, -0.1) is 0 Å². The van der Waals surface area contributed by atoms with E-state index >= 15 is 0 Å². The molecule has 0 amide bonds. The van der Waals surface area contributed by atoms with E-state index < -0.39 is 54.3 Å². The van der Waals surface area contributed by atoms with Crippen molar-refractivity contribution in [2.24, 2.45) is 5.92 Å². The summed E-state index contributed by atoms with van der Waals surface area (Å²) in [5.41, 5.74) is 1.76. The fourth-order valence-corrected chi connectivity index (χ4v) is 6.87. The van der Waals surface area contributed by atoms with Gasteiger partial charge in [0, 0.05) is 22.9 Å². The first-order chi connectivity index (χ1) is 16.8. The Morgan fingerprint density at radius 2 is 2.00 bits per heavy atom. The molecule has 3 aliphatic heterocycles. The molecule has 35 heavy (non-hydrogen) atoms. The second-order valence-electron chi connectivity index (χ2n) is 10.2. The summed E-state index contributed by atoms with van der Waals surface area (Å²) >= 11 is 0. The van der Waals surface area contributed by atoms with Gasteiger partial charge >= 0.3 is 5.97 Å². The average Bonchev–Trinajstić information content (AvgIpc) is 3.20. The molecule has 190 valence electrons. The highest BCUT2D eigenvalue weighted by atomic mass is 16.7. The molecule has 0 aromatic heterocycles. The number of phenolic OH excluding ortho intramolecular Hbond substituents is 1. The van der Waals surface area contributed by atoms with E-state index in [-0.39, 0.29) is 24.3 Å². The van der Waals surface area contributed by atoms with Gasteiger partial charge in [0.2, 0.25) is 0 Å². The third kappa shape index (κ3) is 3.14. The predicted octanol–water partition coefficient (Wildman–Crippen LogP) is -0.407. The first-order valence-corrected chi connectivity index (χ1v) is 12.2. The number of likely N-dealkylation sites (tertiary alicyclic amines) is 1. The van der Waals surface area contributed by atoms with Gasteiger partial charge in [0.15, 0.2) is 23.9 Å². The van der Waals surface area contributed by atoms with E-state index in [0.29, 0.717) is 5.75 Å². The van der Waals surface area contributed by atoms with Crippen LogP contribution in [0.5, 0.6) is 11.5 Å². The number of aliphatic hydroxyl groups excluding tert-OH is 3. The molecular formula is C25H31NO9. The third-order valence-electron chi connectivity index (χ3n) is 8.51. The van der Waals surface area contributed by atoms with Crippen LogP contribution in [0.3, 0.4) is 0 Å². The smallest absolute Gasteiger partial charge is 0.338 e. The van der Waals surface area contributed by atoms with Crippen LogP contribution in [0.2, 0.25) is 0 Å². The predicted molar refractivity (Wildman–Crippen MR) is 120 cm³/mol. The van der Waals surface area contributed by atoms with Crippen molar-refractivity contribution >= 4 is 5.97 Å². The highest BCUT2D eigenvalue weighted by molar-refractivity contribution is 5.75. The lowest BCUT2D eigenvalue weighted by Crippen LogP contribution is -2.66. The number of carbonyl (C=O) groups excluding carboxylic acids is 1. The Kier molecular flexibility index (Phi) is 5.41. The fraction of sp³-hybridized carbons (Fsp3) is 0.640. The molecule has 4 N–H and O–H groups in total. The summed E-state index contributed by atoms with van der Waals surface area (Å²) in [6.07, 6.45) is -3.38. The molecule has 1 spiro atoms. The molecule has 1 aromatic rings. The summed E-state index contributed by atoms with van der Waals surface area (Å²) in [6.45, 7) is 2.54. The monoisotopic (exact) mass is 489 g/mol. The van der Waals surface area contributed by atoms with Crippen molar-refractivity contribution in [2.75, 3.05) is 20.2 Å². The van der Waals surface area contributed by atoms with E-state index in [2.05, 4.69) is 18.0 Å². The van der Waals surface area contributed by atoms with E-state index in [1.165, 1.54) is 0 Å². The van der Waals surface area contributed by atoms with Gasteiger partial charge in [-0.05, 0) is 45.0 Å². The minimum Gasteiger partial charge on any atom is -0.504 e. The number of carbonyl (C=O) groups is 1. The number of rotatable bonds is 4. The number of phenols is 1. The number of benzene rings is 1. The molecule has 0 radical (unpaired) electrons. The fourth-order valence-electron chi connectivity index (χ4n) is 6.87. The largest absolute Gasteiger partial charge is 0.504 e. The van der Waals surface area contributed by atoms with Crippen LogP contribution in [0.25, 0.3) is 0 Å². The summed E-state index contributed by atoms with van der Waals surface area (Å²) in [5.74, 6) is -0.138. The Balaban J connectivity index is 1.35. The first kappa shape index (κ1) is 23.2. The first-order valence-electron chi connectivity index (χ1n) is 12.2. The topological polar surface area (TPSA) is 138 Å². The lowest BCUT2D eigenvalue weighted by Gasteiger charge is -2.57. The van der Waals surface area contributed by atoms with Crippen molar-refractivity contribution in [3.8, 4) is 11.5 Å². The van der Waals surface area contributed by atoms with Crippen molar-refractivity contribution < 1.29 is 44.2 Å². The number of aromatic hydroxyl groups is 1. The van der Waals surface area contributed by atoms with Gasteiger partial charge in [0.05, 0.1) is 6.61 Å². The lowest BCUT2D eigenvalue weighted by molar-refractivity contribution is -0.308. The number of hydrogen-bond donors (Lipinski definition) is 4. The SMILES string of the molecule is CCOC(=O)[C@H]1O[C@@H](O[C@H]2C=C[C@H]3[C@@H]4Cc5ccc(O)c6c5[C@@]3(CCN4C)[C@H]2O6)[C@H](O)[C@@H](O)[C@@H]1O. The number of esters is 1. The number of aliphatic hydroxyl groups is 3. The summed E-state index contributed by atoms with van der Waals surface area (Å²) in [7, 11) is 2.12. The van der Waals surface area contributed by atoms with E-state index in [4.69, 9.17) is 18.9 Å². The van der Waals surface area contributed by atoms with Crippen molar-refractivity contribution in [3.63, 3.8) is 0 Å². The molecule has 3 heterocycles. The van der Waals surface area contributed by atoms with Crippen molar-refractivity contribution in [1.29, 1.82) is 0 Å². The summed E-state index contributed by atoms with van der Waals surface area (Å²) in [6, 6.07) is 3.90. The summed E-state index contributed by atoms with van der Waals surface area (Å²) in [4.78, 5) is 14.7. The lowest BCUT2D eigenvalue weighted by atomic mass is 9.53. The zero-order valence-electron chi connectivity index (χ0n) is 19.6. The summed E-state index contributed by atoms with van der Waals surface area (Å²) < 4.78 is 23.2. The van der Waals surface area contributed by atoms with Crippen LogP contribution < -0.4 is 4.74 Å². The van der Waals surface area contributed by atoms with Crippen LogP contribution in [0.1, 0.15) is 24.5 Å². The molecule has 2 saturated heterocycles. The van der Waals surface area contributed by atoms with E-state index in [1.807, 2.05) is 12.1 Å². The van der Waals surface area contributed by atoms with Crippen molar-refractivity contribution in [3.05, 3.63) is 35.4 Å². The number of ether oxygens (including phenoxy) is 4. The van der Waals surface area contributed by atoms with Gasteiger partial charge in [-0.3, -0.25) is 0 Å². The molecule has 1 aromatic carbocycles. The minimum atomic E-state index is -1.67.